The average molecular weight is 282 g/mol. The van der Waals surface area contributed by atoms with Crippen molar-refractivity contribution < 1.29 is 9.53 Å². The number of hydrogen-bond donors (Lipinski definition) is 0. The predicted octanol–water partition coefficient (Wildman–Crippen LogP) is 2.54. The van der Waals surface area contributed by atoms with Gasteiger partial charge in [0.2, 0.25) is 0 Å². The summed E-state index contributed by atoms with van der Waals surface area (Å²) >= 11 is 2.39. The fourth-order valence-electron chi connectivity index (χ4n) is 1.49. The second kappa shape index (κ2) is 5.78. The summed E-state index contributed by atoms with van der Waals surface area (Å²) in [5.74, 6) is 0.623. The van der Waals surface area contributed by atoms with Crippen LogP contribution < -0.4 is 0 Å². The molecular formula is C9H15IO2. The number of alkyl halides is 1. The van der Waals surface area contributed by atoms with Gasteiger partial charge in [-0.1, -0.05) is 22.6 Å². The SMILES string of the molecule is O=C1CCCC(CCCI)CO1. The molecule has 1 saturated heterocycles. The Balaban J connectivity index is 2.21. The summed E-state index contributed by atoms with van der Waals surface area (Å²) in [6, 6.07) is 0. The van der Waals surface area contributed by atoms with E-state index in [4.69, 9.17) is 4.74 Å². The molecule has 0 amide bonds. The second-order valence-corrected chi connectivity index (χ2v) is 4.35. The first-order valence-electron chi connectivity index (χ1n) is 4.54. The van der Waals surface area contributed by atoms with E-state index in [0.717, 1.165) is 6.42 Å². The van der Waals surface area contributed by atoms with E-state index in [9.17, 15) is 4.79 Å². The van der Waals surface area contributed by atoms with Crippen LogP contribution in [0.4, 0.5) is 0 Å². The Labute approximate surface area is 87.2 Å². The van der Waals surface area contributed by atoms with Crippen LogP contribution in [0.25, 0.3) is 0 Å². The molecule has 1 unspecified atom stereocenters. The van der Waals surface area contributed by atoms with Crippen LogP contribution in [-0.2, 0) is 9.53 Å². The van der Waals surface area contributed by atoms with Crippen molar-refractivity contribution in [2.24, 2.45) is 5.92 Å². The fraction of sp³-hybridized carbons (Fsp3) is 0.889. The molecule has 0 saturated carbocycles. The van der Waals surface area contributed by atoms with Gasteiger partial charge in [0.15, 0.2) is 0 Å². The van der Waals surface area contributed by atoms with E-state index >= 15 is 0 Å². The lowest BCUT2D eigenvalue weighted by Gasteiger charge is -2.11. The minimum absolute atomic E-state index is 0.00743. The molecule has 0 spiro atoms. The summed E-state index contributed by atoms with van der Waals surface area (Å²) in [7, 11) is 0. The van der Waals surface area contributed by atoms with E-state index in [1.807, 2.05) is 0 Å². The molecule has 0 bridgehead atoms. The normalized spacial score (nSPS) is 24.8. The van der Waals surface area contributed by atoms with Crippen LogP contribution in [-0.4, -0.2) is 17.0 Å². The minimum atomic E-state index is -0.00743. The highest BCUT2D eigenvalue weighted by Crippen LogP contribution is 2.19. The van der Waals surface area contributed by atoms with Crippen molar-refractivity contribution in [1.29, 1.82) is 0 Å². The molecule has 0 N–H and O–H groups in total. The molecule has 12 heavy (non-hydrogen) atoms. The molecule has 1 rings (SSSR count). The van der Waals surface area contributed by atoms with Crippen LogP contribution in [0.2, 0.25) is 0 Å². The molecule has 1 heterocycles. The number of cyclic esters (lactones) is 1. The standard InChI is InChI=1S/C9H15IO2/c10-6-2-4-8-3-1-5-9(11)12-7-8/h8H,1-7H2. The summed E-state index contributed by atoms with van der Waals surface area (Å²) in [6.45, 7) is 0.662. The first-order chi connectivity index (χ1) is 5.83. The summed E-state index contributed by atoms with van der Waals surface area (Å²) in [4.78, 5) is 10.9. The van der Waals surface area contributed by atoms with Crippen molar-refractivity contribution in [3.05, 3.63) is 0 Å². The van der Waals surface area contributed by atoms with Gasteiger partial charge in [-0.2, -0.15) is 0 Å². The Morgan fingerprint density at radius 2 is 2.42 bits per heavy atom. The van der Waals surface area contributed by atoms with Gasteiger partial charge in [0.05, 0.1) is 6.61 Å². The van der Waals surface area contributed by atoms with Gasteiger partial charge in [-0.05, 0) is 36.0 Å². The maximum Gasteiger partial charge on any atom is 0.305 e. The topological polar surface area (TPSA) is 26.3 Å². The van der Waals surface area contributed by atoms with Gasteiger partial charge in [-0.3, -0.25) is 4.79 Å². The highest BCUT2D eigenvalue weighted by atomic mass is 127. The lowest BCUT2D eigenvalue weighted by molar-refractivity contribution is -0.143. The van der Waals surface area contributed by atoms with Gasteiger partial charge in [-0.25, -0.2) is 0 Å². The second-order valence-electron chi connectivity index (χ2n) is 3.27. The Morgan fingerprint density at radius 3 is 3.17 bits per heavy atom. The van der Waals surface area contributed by atoms with Gasteiger partial charge < -0.3 is 4.74 Å². The Hall–Kier alpha value is 0.200. The zero-order chi connectivity index (χ0) is 8.81. The van der Waals surface area contributed by atoms with E-state index in [1.165, 1.54) is 23.7 Å². The number of carbonyl (C=O) groups excluding carboxylic acids is 1. The van der Waals surface area contributed by atoms with Gasteiger partial charge in [-0.15, -0.1) is 0 Å². The van der Waals surface area contributed by atoms with Crippen molar-refractivity contribution in [1.82, 2.24) is 0 Å². The smallest absolute Gasteiger partial charge is 0.305 e. The maximum absolute atomic E-state index is 10.9. The van der Waals surface area contributed by atoms with E-state index in [1.54, 1.807) is 0 Å². The predicted molar refractivity (Wildman–Crippen MR) is 56.4 cm³/mol. The monoisotopic (exact) mass is 282 g/mol. The van der Waals surface area contributed by atoms with E-state index in [2.05, 4.69) is 22.6 Å². The van der Waals surface area contributed by atoms with Crippen molar-refractivity contribution in [2.45, 2.75) is 32.1 Å². The quantitative estimate of drug-likeness (QED) is 0.452. The highest BCUT2D eigenvalue weighted by Gasteiger charge is 2.16. The summed E-state index contributed by atoms with van der Waals surface area (Å²) in [5, 5.41) is 0. The third kappa shape index (κ3) is 3.74. The zero-order valence-electron chi connectivity index (χ0n) is 7.22. The minimum Gasteiger partial charge on any atom is -0.465 e. The number of carbonyl (C=O) groups is 1. The first-order valence-corrected chi connectivity index (χ1v) is 6.07. The van der Waals surface area contributed by atoms with E-state index in [-0.39, 0.29) is 5.97 Å². The fourth-order valence-corrected chi connectivity index (χ4v) is 1.94. The van der Waals surface area contributed by atoms with Crippen molar-refractivity contribution in [2.75, 3.05) is 11.0 Å². The summed E-state index contributed by atoms with van der Waals surface area (Å²) in [5.41, 5.74) is 0. The molecule has 0 aromatic rings. The van der Waals surface area contributed by atoms with Crippen LogP contribution in [0.1, 0.15) is 32.1 Å². The number of halogens is 1. The molecule has 0 aromatic heterocycles. The van der Waals surface area contributed by atoms with Crippen LogP contribution in [0.5, 0.6) is 0 Å². The number of hydrogen-bond acceptors (Lipinski definition) is 2. The van der Waals surface area contributed by atoms with Crippen LogP contribution in [0, 0.1) is 5.92 Å². The van der Waals surface area contributed by atoms with E-state index < -0.39 is 0 Å². The molecule has 0 aromatic carbocycles. The Bertz CT molecular complexity index is 147. The van der Waals surface area contributed by atoms with Crippen molar-refractivity contribution in [3.8, 4) is 0 Å². The van der Waals surface area contributed by atoms with Crippen LogP contribution >= 0.6 is 22.6 Å². The Kier molecular flexibility index (Phi) is 4.95. The summed E-state index contributed by atoms with van der Waals surface area (Å²) < 4.78 is 6.28. The first kappa shape index (κ1) is 10.3. The molecule has 0 radical (unpaired) electrons. The van der Waals surface area contributed by atoms with Crippen molar-refractivity contribution in [3.63, 3.8) is 0 Å². The molecule has 1 aliphatic rings. The number of rotatable bonds is 3. The van der Waals surface area contributed by atoms with E-state index in [0.29, 0.717) is 18.9 Å². The van der Waals surface area contributed by atoms with Gasteiger partial charge in [0, 0.05) is 6.42 Å². The zero-order valence-corrected chi connectivity index (χ0v) is 9.38. The lowest BCUT2D eigenvalue weighted by atomic mass is 9.99. The molecule has 3 heteroatoms. The molecule has 1 aliphatic heterocycles. The average Bonchev–Trinajstić information content (AvgIpc) is 2.27. The molecule has 0 aliphatic carbocycles. The molecule has 1 atom stereocenters. The largest absolute Gasteiger partial charge is 0.465 e. The van der Waals surface area contributed by atoms with Gasteiger partial charge in [0.1, 0.15) is 0 Å². The number of ether oxygens (including phenoxy) is 1. The van der Waals surface area contributed by atoms with Crippen molar-refractivity contribution >= 4 is 28.6 Å². The highest BCUT2D eigenvalue weighted by molar-refractivity contribution is 14.1. The molecule has 2 nitrogen and oxygen atoms in total. The molecular weight excluding hydrogens is 267 g/mol. The third-order valence-electron chi connectivity index (χ3n) is 2.22. The lowest BCUT2D eigenvalue weighted by Crippen LogP contribution is -2.09. The van der Waals surface area contributed by atoms with Gasteiger partial charge >= 0.3 is 5.97 Å². The Morgan fingerprint density at radius 1 is 1.58 bits per heavy atom. The maximum atomic E-state index is 10.9. The third-order valence-corrected chi connectivity index (χ3v) is 2.98. The number of esters is 1. The van der Waals surface area contributed by atoms with Gasteiger partial charge in [0.25, 0.3) is 0 Å². The van der Waals surface area contributed by atoms with Crippen LogP contribution in [0.3, 0.4) is 0 Å². The molecule has 70 valence electrons. The summed E-state index contributed by atoms with van der Waals surface area (Å²) in [6.07, 6.45) is 5.28. The molecule has 1 fully saturated rings. The van der Waals surface area contributed by atoms with Crippen LogP contribution in [0.15, 0.2) is 0 Å².